The van der Waals surface area contributed by atoms with Gasteiger partial charge in [0.25, 0.3) is 11.7 Å². The van der Waals surface area contributed by atoms with Crippen molar-refractivity contribution in [2.24, 2.45) is 0 Å². The van der Waals surface area contributed by atoms with Gasteiger partial charge in [-0.2, -0.15) is 0 Å². The van der Waals surface area contributed by atoms with Gasteiger partial charge in [-0.1, -0.05) is 52.9 Å². The first-order valence-electron chi connectivity index (χ1n) is 10.8. The highest BCUT2D eigenvalue weighted by molar-refractivity contribution is 9.10. The number of aliphatic hydroxyl groups is 1. The molecule has 1 atom stereocenters. The quantitative estimate of drug-likeness (QED) is 0.190. The number of halogens is 1. The first-order valence-corrected chi connectivity index (χ1v) is 11.6. The van der Waals surface area contributed by atoms with Crippen LogP contribution in [0.2, 0.25) is 0 Å². The molecule has 1 amide bonds. The molecule has 1 N–H and O–H groups in total. The zero-order valence-electron chi connectivity index (χ0n) is 18.4. The number of aryl methyl sites for hydroxylation is 1. The van der Waals surface area contributed by atoms with Crippen LogP contribution in [0.1, 0.15) is 23.6 Å². The maximum absolute atomic E-state index is 13.2. The molecule has 2 aromatic carbocycles. The highest BCUT2D eigenvalue weighted by Gasteiger charge is 2.45. The van der Waals surface area contributed by atoms with E-state index >= 15 is 0 Å². The van der Waals surface area contributed by atoms with Crippen molar-refractivity contribution in [2.75, 3.05) is 13.2 Å². The first kappa shape index (κ1) is 23.5. The first-order chi connectivity index (χ1) is 16.5. The number of likely N-dealkylation sites (tertiary alicyclic amines) is 1. The van der Waals surface area contributed by atoms with Crippen LogP contribution < -0.4 is 4.74 Å². The van der Waals surface area contributed by atoms with Gasteiger partial charge in [0.2, 0.25) is 0 Å². The number of amides is 1. The van der Waals surface area contributed by atoms with Crippen LogP contribution in [0.3, 0.4) is 0 Å². The third-order valence-electron chi connectivity index (χ3n) is 5.57. The van der Waals surface area contributed by atoms with Crippen LogP contribution >= 0.6 is 15.9 Å². The van der Waals surface area contributed by atoms with Gasteiger partial charge in [-0.15, -0.1) is 0 Å². The molecule has 3 aromatic rings. The molecule has 8 heteroatoms. The van der Waals surface area contributed by atoms with E-state index in [4.69, 9.17) is 4.74 Å². The Hall–Kier alpha value is -3.65. The predicted molar refractivity (Wildman–Crippen MR) is 132 cm³/mol. The number of benzene rings is 2. The maximum atomic E-state index is 13.2. The summed E-state index contributed by atoms with van der Waals surface area (Å²) < 4.78 is 8.42. The van der Waals surface area contributed by atoms with Crippen LogP contribution in [-0.4, -0.2) is 44.4 Å². The number of aliphatic hydroxyl groups excluding tert-OH is 1. The predicted octanol–water partition coefficient (Wildman–Crippen LogP) is 4.72. The molecule has 1 saturated heterocycles. The van der Waals surface area contributed by atoms with E-state index in [1.54, 1.807) is 61.1 Å². The number of carbonyl (C=O) groups is 2. The van der Waals surface area contributed by atoms with Gasteiger partial charge in [0.05, 0.1) is 17.9 Å². The summed E-state index contributed by atoms with van der Waals surface area (Å²) in [5, 5.41) is 11.1. The minimum atomic E-state index is -0.737. The van der Waals surface area contributed by atoms with Crippen molar-refractivity contribution in [3.8, 4) is 5.75 Å². The Morgan fingerprint density at radius 3 is 2.68 bits per heavy atom. The number of Topliss-reactive ketones (excluding diaryl/α,β-unsaturated/α-hetero) is 1. The number of imidazole rings is 1. The van der Waals surface area contributed by atoms with Gasteiger partial charge in [0, 0.05) is 35.5 Å². The largest absolute Gasteiger partial charge is 0.507 e. The van der Waals surface area contributed by atoms with Crippen molar-refractivity contribution in [3.05, 3.63) is 101 Å². The van der Waals surface area contributed by atoms with E-state index in [1.807, 2.05) is 16.8 Å². The Labute approximate surface area is 206 Å². The van der Waals surface area contributed by atoms with Crippen molar-refractivity contribution in [1.82, 2.24) is 14.5 Å². The van der Waals surface area contributed by atoms with Crippen LogP contribution in [0.15, 0.2) is 90.0 Å². The van der Waals surface area contributed by atoms with Crippen molar-refractivity contribution in [2.45, 2.75) is 19.0 Å². The molecule has 0 radical (unpaired) electrons. The Balaban J connectivity index is 1.73. The number of hydrogen-bond acceptors (Lipinski definition) is 5. The highest BCUT2D eigenvalue weighted by Crippen LogP contribution is 2.40. The molecule has 0 spiro atoms. The molecule has 1 aromatic heterocycles. The summed E-state index contributed by atoms with van der Waals surface area (Å²) in [4.78, 5) is 31.8. The number of nitrogens with zero attached hydrogens (tertiary/aromatic N) is 3. The molecule has 1 aliphatic heterocycles. The molecule has 2 heterocycles. The van der Waals surface area contributed by atoms with Crippen LogP contribution in [-0.2, 0) is 16.1 Å². The number of carbonyl (C=O) groups excluding carboxylic acids is 2. The third-order valence-corrected chi connectivity index (χ3v) is 6.10. The average Bonchev–Trinajstić information content (AvgIpc) is 3.45. The lowest BCUT2D eigenvalue weighted by molar-refractivity contribution is -0.139. The van der Waals surface area contributed by atoms with Crippen molar-refractivity contribution < 1.29 is 19.4 Å². The molecule has 1 aliphatic rings. The molecule has 34 heavy (non-hydrogen) atoms. The van der Waals surface area contributed by atoms with Crippen LogP contribution in [0, 0.1) is 0 Å². The molecule has 0 bridgehead atoms. The second-order valence-corrected chi connectivity index (χ2v) is 8.74. The lowest BCUT2D eigenvalue weighted by Gasteiger charge is -2.25. The molecule has 0 aliphatic carbocycles. The summed E-state index contributed by atoms with van der Waals surface area (Å²) in [6.45, 7) is 4.97. The molecule has 1 fully saturated rings. The van der Waals surface area contributed by atoms with Gasteiger partial charge in [-0.25, -0.2) is 4.98 Å². The summed E-state index contributed by atoms with van der Waals surface area (Å²) in [7, 11) is 0. The van der Waals surface area contributed by atoms with E-state index in [2.05, 4.69) is 27.5 Å². The number of ketones is 1. The van der Waals surface area contributed by atoms with Crippen molar-refractivity contribution >= 4 is 33.4 Å². The fourth-order valence-electron chi connectivity index (χ4n) is 3.99. The van der Waals surface area contributed by atoms with E-state index in [1.165, 1.54) is 4.90 Å². The van der Waals surface area contributed by atoms with Gasteiger partial charge in [0.15, 0.2) is 0 Å². The Bertz CT molecular complexity index is 1220. The van der Waals surface area contributed by atoms with E-state index < -0.39 is 17.7 Å². The fourth-order valence-corrected chi connectivity index (χ4v) is 4.26. The number of ether oxygens (including phenoxy) is 1. The van der Waals surface area contributed by atoms with Gasteiger partial charge in [-0.05, 0) is 36.2 Å². The highest BCUT2D eigenvalue weighted by atomic mass is 79.9. The van der Waals surface area contributed by atoms with Gasteiger partial charge < -0.3 is 19.3 Å². The number of aromatic nitrogens is 2. The van der Waals surface area contributed by atoms with Gasteiger partial charge in [-0.3, -0.25) is 9.59 Å². The Morgan fingerprint density at radius 2 is 1.97 bits per heavy atom. The second kappa shape index (κ2) is 10.5. The smallest absolute Gasteiger partial charge is 0.295 e. The normalized spacial score (nSPS) is 17.2. The Kier molecular flexibility index (Phi) is 7.27. The summed E-state index contributed by atoms with van der Waals surface area (Å²) in [6.07, 6.45) is 7.51. The topological polar surface area (TPSA) is 84.7 Å². The summed E-state index contributed by atoms with van der Waals surface area (Å²) in [5.74, 6) is -0.951. The summed E-state index contributed by atoms with van der Waals surface area (Å²) in [5.41, 5.74) is 1.21. The molecule has 174 valence electrons. The maximum Gasteiger partial charge on any atom is 0.295 e. The van der Waals surface area contributed by atoms with E-state index in [9.17, 15) is 14.7 Å². The van der Waals surface area contributed by atoms with Crippen LogP contribution in [0.4, 0.5) is 0 Å². The van der Waals surface area contributed by atoms with Gasteiger partial charge in [0.1, 0.15) is 18.1 Å². The number of rotatable bonds is 9. The third kappa shape index (κ3) is 4.97. The second-order valence-electron chi connectivity index (χ2n) is 7.83. The standard InChI is InChI=1S/C26H24BrN3O4/c1-2-15-34-21-6-3-5-19(16-21)23-22(24(31)18-7-9-20(27)10-8-18)25(32)26(33)30(23)13-4-12-29-14-11-28-17-29/h2-3,5-11,14,16-17,23,31H,1,4,12-13,15H2/b24-22+/t23-/m0/s1. The van der Waals surface area contributed by atoms with Crippen LogP contribution in [0.25, 0.3) is 5.76 Å². The molecule has 0 saturated carbocycles. The van der Waals surface area contributed by atoms with Gasteiger partial charge >= 0.3 is 0 Å². The summed E-state index contributed by atoms with van der Waals surface area (Å²) >= 11 is 3.38. The van der Waals surface area contributed by atoms with Crippen LogP contribution in [0.5, 0.6) is 5.75 Å². The van der Waals surface area contributed by atoms with E-state index in [0.717, 1.165) is 4.47 Å². The molecule has 7 nitrogen and oxygen atoms in total. The molecule has 4 rings (SSSR count). The summed E-state index contributed by atoms with van der Waals surface area (Å²) in [6, 6.07) is 13.4. The lowest BCUT2D eigenvalue weighted by atomic mass is 9.95. The average molecular weight is 522 g/mol. The zero-order valence-corrected chi connectivity index (χ0v) is 20.0. The molecular weight excluding hydrogens is 498 g/mol. The minimum absolute atomic E-state index is 0.0656. The monoisotopic (exact) mass is 521 g/mol. The number of hydrogen-bond donors (Lipinski definition) is 1. The zero-order chi connectivity index (χ0) is 24.1. The van der Waals surface area contributed by atoms with Crippen molar-refractivity contribution in [1.29, 1.82) is 0 Å². The van der Waals surface area contributed by atoms with E-state index in [0.29, 0.717) is 43.0 Å². The molecular formula is C26H24BrN3O4. The lowest BCUT2D eigenvalue weighted by Crippen LogP contribution is -2.31. The SMILES string of the molecule is C=CCOc1cccc([C@H]2/C(=C(\O)c3ccc(Br)cc3)C(=O)C(=O)N2CCCn2ccnc2)c1. The van der Waals surface area contributed by atoms with Crippen molar-refractivity contribution in [3.63, 3.8) is 0 Å². The minimum Gasteiger partial charge on any atom is -0.507 e. The molecule has 0 unspecified atom stereocenters. The Morgan fingerprint density at radius 1 is 1.18 bits per heavy atom. The van der Waals surface area contributed by atoms with E-state index in [-0.39, 0.29) is 11.3 Å². The fraction of sp³-hybridized carbons (Fsp3) is 0.192.